The van der Waals surface area contributed by atoms with Gasteiger partial charge in [0, 0.05) is 18.3 Å². The Balaban J connectivity index is 1.42. The van der Waals surface area contributed by atoms with Crippen molar-refractivity contribution < 1.29 is 19.3 Å². The van der Waals surface area contributed by atoms with Crippen molar-refractivity contribution in [1.82, 2.24) is 14.9 Å². The predicted molar refractivity (Wildman–Crippen MR) is 148 cm³/mol. The van der Waals surface area contributed by atoms with Crippen LogP contribution < -0.4 is 21.3 Å². The fourth-order valence-corrected chi connectivity index (χ4v) is 5.86. The maximum Gasteiger partial charge on any atom is 0.330 e. The van der Waals surface area contributed by atoms with Gasteiger partial charge < -0.3 is 19.3 Å². The summed E-state index contributed by atoms with van der Waals surface area (Å²) in [5.74, 6) is 0.739. The largest absolute Gasteiger partial charge is 0.497 e. The Bertz CT molecular complexity index is 1560. The lowest BCUT2D eigenvalue weighted by molar-refractivity contribution is -0.174. The minimum Gasteiger partial charge on any atom is -0.497 e. The Morgan fingerprint density at radius 1 is 1.00 bits per heavy atom. The van der Waals surface area contributed by atoms with E-state index in [1.807, 2.05) is 60.7 Å². The van der Waals surface area contributed by atoms with Crippen LogP contribution in [0.1, 0.15) is 28.5 Å². The number of H-pyrrole nitrogens is 1. The van der Waals surface area contributed by atoms with Gasteiger partial charge in [-0.2, -0.15) is 0 Å². The molecule has 0 amide bonds. The Labute approximate surface area is 231 Å². The van der Waals surface area contributed by atoms with Gasteiger partial charge in [0.2, 0.25) is 0 Å². The number of benzene rings is 3. The van der Waals surface area contributed by atoms with Gasteiger partial charge in [-0.25, -0.2) is 4.79 Å². The minimum atomic E-state index is -1.14. The summed E-state index contributed by atoms with van der Waals surface area (Å²) in [7, 11) is 1.63. The van der Waals surface area contributed by atoms with Crippen molar-refractivity contribution in [3.63, 3.8) is 0 Å². The number of aromatic amines is 1. The number of methoxy groups -OCH3 is 1. The fourth-order valence-electron chi connectivity index (χ4n) is 5.86. The highest BCUT2D eigenvalue weighted by Crippen LogP contribution is 2.46. The van der Waals surface area contributed by atoms with Gasteiger partial charge in [-0.1, -0.05) is 72.8 Å². The van der Waals surface area contributed by atoms with E-state index in [1.165, 1.54) is 10.8 Å². The molecule has 3 N–H and O–H groups in total. The zero-order valence-corrected chi connectivity index (χ0v) is 22.2. The molecule has 4 atom stereocenters. The molecule has 2 bridgehead atoms. The quantitative estimate of drug-likeness (QED) is 0.294. The summed E-state index contributed by atoms with van der Waals surface area (Å²) in [6, 6.07) is 28.1. The van der Waals surface area contributed by atoms with Crippen LogP contribution in [0, 0.1) is 6.92 Å². The van der Waals surface area contributed by atoms with Crippen LogP contribution >= 0.6 is 0 Å². The van der Waals surface area contributed by atoms with E-state index in [4.69, 9.17) is 14.2 Å². The molecule has 0 unspecified atom stereocenters. The lowest BCUT2D eigenvalue weighted by Gasteiger charge is -2.40. The van der Waals surface area contributed by atoms with Gasteiger partial charge in [-0.15, -0.1) is 0 Å². The monoisotopic (exact) mass is 541 g/mol. The third-order valence-electron chi connectivity index (χ3n) is 8.02. The van der Waals surface area contributed by atoms with Crippen LogP contribution in [-0.2, 0) is 15.0 Å². The smallest absolute Gasteiger partial charge is 0.330 e. The summed E-state index contributed by atoms with van der Waals surface area (Å²) in [6.07, 6.45) is -1.23. The third kappa shape index (κ3) is 4.18. The first-order valence-electron chi connectivity index (χ1n) is 13.2. The maximum absolute atomic E-state index is 12.7. The first-order valence-corrected chi connectivity index (χ1v) is 13.2. The molecular weight excluding hydrogens is 510 g/mol. The number of hydrogen-bond donors (Lipinski definition) is 3. The van der Waals surface area contributed by atoms with Crippen LogP contribution in [0.5, 0.6) is 5.75 Å². The zero-order chi connectivity index (χ0) is 27.9. The van der Waals surface area contributed by atoms with Gasteiger partial charge >= 0.3 is 5.69 Å². The van der Waals surface area contributed by atoms with Crippen molar-refractivity contribution in [2.45, 2.75) is 36.5 Å². The van der Waals surface area contributed by atoms with Crippen LogP contribution in [0.2, 0.25) is 0 Å². The van der Waals surface area contributed by atoms with E-state index in [0.717, 1.165) is 22.4 Å². The van der Waals surface area contributed by atoms with E-state index in [9.17, 15) is 14.7 Å². The molecule has 0 aliphatic carbocycles. The number of aromatic nitrogens is 2. The molecule has 0 saturated carbocycles. The second kappa shape index (κ2) is 10.2. The maximum atomic E-state index is 12.7. The second-order valence-electron chi connectivity index (χ2n) is 10.3. The van der Waals surface area contributed by atoms with Crippen LogP contribution in [-0.4, -0.2) is 52.7 Å². The van der Waals surface area contributed by atoms with E-state index >= 15 is 0 Å². The lowest BCUT2D eigenvalue weighted by atomic mass is 9.76. The Morgan fingerprint density at radius 3 is 2.20 bits per heavy atom. The van der Waals surface area contributed by atoms with Gasteiger partial charge in [0.1, 0.15) is 23.6 Å². The highest BCUT2D eigenvalue weighted by atomic mass is 16.6. The molecule has 2 aliphatic rings. The summed E-state index contributed by atoms with van der Waals surface area (Å²) in [6.45, 7) is 1.95. The number of nitrogens with one attached hydrogen (secondary N) is 2. The zero-order valence-electron chi connectivity index (χ0n) is 22.2. The highest BCUT2D eigenvalue weighted by Gasteiger charge is 2.62. The molecule has 2 fully saturated rings. The number of rotatable bonds is 8. The molecule has 0 radical (unpaired) electrons. The molecule has 4 aromatic rings. The molecule has 3 heterocycles. The summed E-state index contributed by atoms with van der Waals surface area (Å²) in [4.78, 5) is 26.9. The number of aliphatic hydroxyl groups excluding tert-OH is 1. The van der Waals surface area contributed by atoms with Crippen LogP contribution in [0.15, 0.2) is 101 Å². The molecule has 2 saturated heterocycles. The van der Waals surface area contributed by atoms with E-state index in [1.54, 1.807) is 14.0 Å². The first kappa shape index (κ1) is 26.2. The Hall–Kier alpha value is -4.02. The van der Waals surface area contributed by atoms with Crippen molar-refractivity contribution in [3.05, 3.63) is 134 Å². The normalized spacial score (nSPS) is 23.8. The van der Waals surface area contributed by atoms with Crippen LogP contribution in [0.25, 0.3) is 0 Å². The highest BCUT2D eigenvalue weighted by molar-refractivity contribution is 5.50. The average Bonchev–Trinajstić information content (AvgIpc) is 3.45. The summed E-state index contributed by atoms with van der Waals surface area (Å²) in [5.41, 5.74) is 0.275. The van der Waals surface area contributed by atoms with E-state index in [-0.39, 0.29) is 13.2 Å². The molecule has 3 aromatic carbocycles. The van der Waals surface area contributed by atoms with E-state index < -0.39 is 40.8 Å². The molecular formula is C31H31N3O6. The number of fused-ring (bicyclic) bond motifs is 2. The van der Waals surface area contributed by atoms with Gasteiger partial charge in [0.25, 0.3) is 5.56 Å². The number of nitrogens with zero attached hydrogens (tertiary/aromatic N) is 1. The molecule has 9 heteroatoms. The summed E-state index contributed by atoms with van der Waals surface area (Å²) in [5, 5.41) is 15.2. The Morgan fingerprint density at radius 2 is 1.60 bits per heavy atom. The molecule has 0 spiro atoms. The molecule has 40 heavy (non-hydrogen) atoms. The van der Waals surface area contributed by atoms with Crippen molar-refractivity contribution in [1.29, 1.82) is 0 Å². The van der Waals surface area contributed by atoms with E-state index in [2.05, 4.69) is 34.6 Å². The van der Waals surface area contributed by atoms with Gasteiger partial charge in [0.05, 0.1) is 19.3 Å². The van der Waals surface area contributed by atoms with Crippen LogP contribution in [0.3, 0.4) is 0 Å². The number of aryl methyl sites for hydroxylation is 1. The standard InChI is InChI=1S/C31H31N3O6/c1-20-17-34(29(37)33-27(20)36)28-25-26(35)30(40-28,19-39-25)18-32-31(21-9-5-3-6-10-21,22-11-7-4-8-12-22)23-13-15-24(38-2)16-14-23/h3-17,25-26,28,32,35H,18-19H2,1-2H3,(H,33,36,37)/t25-,26+,28-,30+/m1/s1. The molecule has 206 valence electrons. The van der Waals surface area contributed by atoms with Gasteiger partial charge in [-0.3, -0.25) is 19.7 Å². The summed E-state index contributed by atoms with van der Waals surface area (Å²) >= 11 is 0. The fraction of sp³-hybridized carbons (Fsp3) is 0.290. The predicted octanol–water partition coefficient (Wildman–Crippen LogP) is 2.46. The first-order chi connectivity index (χ1) is 19.4. The molecule has 2 aliphatic heterocycles. The molecule has 1 aromatic heterocycles. The molecule has 9 nitrogen and oxygen atoms in total. The lowest BCUT2D eigenvalue weighted by Crippen LogP contribution is -2.56. The number of ether oxygens (including phenoxy) is 3. The summed E-state index contributed by atoms with van der Waals surface area (Å²) < 4.78 is 19.1. The Kier molecular flexibility index (Phi) is 6.67. The van der Waals surface area contributed by atoms with Crippen molar-refractivity contribution in [3.8, 4) is 5.75 Å². The SMILES string of the molecule is COc1ccc(C(NC[C@@]23CO[C@@H]([C@H](n4cc(C)c(=O)[nH]c4=O)O2)[C@@H]3O)(c2ccccc2)c2ccccc2)cc1. The van der Waals surface area contributed by atoms with Crippen molar-refractivity contribution in [2.24, 2.45) is 0 Å². The van der Waals surface area contributed by atoms with Crippen molar-refractivity contribution in [2.75, 3.05) is 20.3 Å². The van der Waals surface area contributed by atoms with Crippen molar-refractivity contribution >= 4 is 0 Å². The molecule has 6 rings (SSSR count). The minimum absolute atomic E-state index is 0.141. The van der Waals surface area contributed by atoms with Crippen LogP contribution in [0.4, 0.5) is 0 Å². The third-order valence-corrected chi connectivity index (χ3v) is 8.02. The average molecular weight is 542 g/mol. The second-order valence-corrected chi connectivity index (χ2v) is 10.3. The number of hydrogen-bond acceptors (Lipinski definition) is 7. The van der Waals surface area contributed by atoms with E-state index in [0.29, 0.717) is 5.56 Å². The topological polar surface area (TPSA) is 115 Å². The van der Waals surface area contributed by atoms with Gasteiger partial charge in [0.15, 0.2) is 6.23 Å². The number of aliphatic hydroxyl groups is 1. The van der Waals surface area contributed by atoms with Gasteiger partial charge in [-0.05, 0) is 35.7 Å².